The van der Waals surface area contributed by atoms with E-state index in [1.165, 1.54) is 6.08 Å². The Morgan fingerprint density at radius 1 is 0.806 bits per heavy atom. The lowest BCUT2D eigenvalue weighted by Gasteiger charge is -2.30. The molecular formula is C25H23N5O6. The van der Waals surface area contributed by atoms with Crippen molar-refractivity contribution < 1.29 is 19.4 Å². The van der Waals surface area contributed by atoms with Crippen molar-refractivity contribution in [2.75, 3.05) is 6.54 Å². The summed E-state index contributed by atoms with van der Waals surface area (Å²) in [5, 5.41) is 30.9. The predicted molar refractivity (Wildman–Crippen MR) is 132 cm³/mol. The van der Waals surface area contributed by atoms with Crippen molar-refractivity contribution in [1.82, 2.24) is 16.0 Å². The number of hydrogen-bond donors (Lipinski definition) is 3. The van der Waals surface area contributed by atoms with Crippen molar-refractivity contribution >= 4 is 23.3 Å². The van der Waals surface area contributed by atoms with Gasteiger partial charge in [0.2, 0.25) is 0 Å². The zero-order valence-electron chi connectivity index (χ0n) is 19.0. The fourth-order valence-corrected chi connectivity index (χ4v) is 3.56. The van der Waals surface area contributed by atoms with Gasteiger partial charge in [-0.05, 0) is 11.1 Å². The zero-order chi connectivity index (χ0) is 26.1. The van der Waals surface area contributed by atoms with Crippen LogP contribution in [0.4, 0.5) is 16.2 Å². The molecule has 0 aliphatic rings. The first kappa shape index (κ1) is 25.6. The van der Waals surface area contributed by atoms with E-state index in [0.29, 0.717) is 11.1 Å². The Morgan fingerprint density at radius 3 is 1.72 bits per heavy atom. The number of carbonyl (C=O) groups is 2. The molecule has 3 rings (SSSR count). The zero-order valence-corrected chi connectivity index (χ0v) is 19.0. The summed E-state index contributed by atoms with van der Waals surface area (Å²) in [6.45, 7) is 3.78. The molecule has 11 heteroatoms. The molecule has 0 heterocycles. The maximum absolute atomic E-state index is 13.3. The molecule has 3 aromatic rings. The number of hydrogen-bond acceptors (Lipinski definition) is 6. The van der Waals surface area contributed by atoms with Gasteiger partial charge < -0.3 is 16.0 Å². The molecule has 0 aliphatic carbocycles. The van der Waals surface area contributed by atoms with Crippen LogP contribution in [0.5, 0.6) is 0 Å². The number of nitro benzene ring substituents is 2. The molecule has 0 aliphatic heterocycles. The average Bonchev–Trinajstić information content (AvgIpc) is 2.89. The first-order valence-corrected chi connectivity index (χ1v) is 10.8. The number of urea groups is 1. The number of nitrogens with zero attached hydrogens (tertiary/aromatic N) is 2. The smallest absolute Gasteiger partial charge is 0.315 e. The van der Waals surface area contributed by atoms with E-state index in [1.807, 2.05) is 0 Å². The molecule has 0 saturated carbocycles. The van der Waals surface area contributed by atoms with Gasteiger partial charge in [-0.2, -0.15) is 0 Å². The van der Waals surface area contributed by atoms with Crippen molar-refractivity contribution in [3.05, 3.63) is 128 Å². The third-order valence-electron chi connectivity index (χ3n) is 5.22. The van der Waals surface area contributed by atoms with Crippen LogP contribution in [0.2, 0.25) is 0 Å². The standard InChI is InChI=1S/C25H23N5O6/c1-2-13-26-25(32)28-23(18-11-7-4-8-12-18)22(17-9-5-3-6-10-17)27-24(31)19-14-20(29(33)34)16-21(15-19)30(35)36/h2-12,14-16,22-23H,1,13H2,(H,27,31)(H2,26,28,32). The summed E-state index contributed by atoms with van der Waals surface area (Å²) in [5.41, 5.74) is -0.145. The summed E-state index contributed by atoms with van der Waals surface area (Å²) in [5.74, 6) is -0.787. The van der Waals surface area contributed by atoms with Gasteiger partial charge in [0, 0.05) is 18.7 Å². The molecule has 0 radical (unpaired) electrons. The van der Waals surface area contributed by atoms with Crippen LogP contribution in [0.3, 0.4) is 0 Å². The molecule has 0 saturated heterocycles. The van der Waals surface area contributed by atoms with E-state index in [1.54, 1.807) is 60.7 Å². The van der Waals surface area contributed by atoms with Gasteiger partial charge in [-0.1, -0.05) is 66.7 Å². The van der Waals surface area contributed by atoms with E-state index in [-0.39, 0.29) is 12.1 Å². The summed E-state index contributed by atoms with van der Waals surface area (Å²) in [7, 11) is 0. The number of nitrogens with one attached hydrogen (secondary N) is 3. The van der Waals surface area contributed by atoms with E-state index in [9.17, 15) is 29.8 Å². The minimum Gasteiger partial charge on any atom is -0.343 e. The van der Waals surface area contributed by atoms with Gasteiger partial charge in [0.25, 0.3) is 17.3 Å². The van der Waals surface area contributed by atoms with Crippen LogP contribution < -0.4 is 16.0 Å². The summed E-state index contributed by atoms with van der Waals surface area (Å²) >= 11 is 0. The monoisotopic (exact) mass is 489 g/mol. The van der Waals surface area contributed by atoms with Gasteiger partial charge in [-0.15, -0.1) is 6.58 Å². The van der Waals surface area contributed by atoms with Crippen molar-refractivity contribution in [2.24, 2.45) is 0 Å². The molecule has 3 amide bonds. The molecule has 3 N–H and O–H groups in total. The highest BCUT2D eigenvalue weighted by Crippen LogP contribution is 2.30. The highest BCUT2D eigenvalue weighted by molar-refractivity contribution is 5.96. The molecule has 2 atom stereocenters. The average molecular weight is 489 g/mol. The summed E-state index contributed by atoms with van der Waals surface area (Å²) in [6.07, 6.45) is 1.52. The molecule has 11 nitrogen and oxygen atoms in total. The van der Waals surface area contributed by atoms with Gasteiger partial charge in [-0.25, -0.2) is 4.79 Å². The molecule has 3 aromatic carbocycles. The number of rotatable bonds is 10. The number of amides is 3. The lowest BCUT2D eigenvalue weighted by atomic mass is 9.93. The van der Waals surface area contributed by atoms with Gasteiger partial charge in [0.15, 0.2) is 0 Å². The van der Waals surface area contributed by atoms with E-state index in [2.05, 4.69) is 22.5 Å². The van der Waals surface area contributed by atoms with E-state index < -0.39 is 45.2 Å². The van der Waals surface area contributed by atoms with Crippen molar-refractivity contribution in [3.8, 4) is 0 Å². The van der Waals surface area contributed by atoms with E-state index in [0.717, 1.165) is 18.2 Å². The molecule has 36 heavy (non-hydrogen) atoms. The third-order valence-corrected chi connectivity index (χ3v) is 5.22. The first-order valence-electron chi connectivity index (χ1n) is 10.8. The summed E-state index contributed by atoms with van der Waals surface area (Å²) in [4.78, 5) is 46.8. The molecule has 0 spiro atoms. The minimum absolute atomic E-state index is 0.215. The van der Waals surface area contributed by atoms with Gasteiger partial charge >= 0.3 is 6.03 Å². The maximum atomic E-state index is 13.3. The fourth-order valence-electron chi connectivity index (χ4n) is 3.56. The Morgan fingerprint density at radius 2 is 1.28 bits per heavy atom. The fraction of sp³-hybridized carbons (Fsp3) is 0.120. The van der Waals surface area contributed by atoms with Crippen LogP contribution in [-0.2, 0) is 0 Å². The normalized spacial score (nSPS) is 12.0. The highest BCUT2D eigenvalue weighted by Gasteiger charge is 2.29. The van der Waals surface area contributed by atoms with Gasteiger partial charge in [0.05, 0.1) is 33.6 Å². The second kappa shape index (κ2) is 11.9. The van der Waals surface area contributed by atoms with Crippen LogP contribution in [-0.4, -0.2) is 28.3 Å². The topological polar surface area (TPSA) is 157 Å². The van der Waals surface area contributed by atoms with Gasteiger partial charge in [-0.3, -0.25) is 25.0 Å². The second-order valence-electron chi connectivity index (χ2n) is 7.65. The maximum Gasteiger partial charge on any atom is 0.315 e. The first-order chi connectivity index (χ1) is 17.3. The lowest BCUT2D eigenvalue weighted by molar-refractivity contribution is -0.394. The number of nitro groups is 2. The van der Waals surface area contributed by atoms with Gasteiger partial charge in [0.1, 0.15) is 0 Å². The minimum atomic E-state index is -0.839. The highest BCUT2D eigenvalue weighted by atomic mass is 16.6. The SMILES string of the molecule is C=CCNC(=O)NC(c1ccccc1)C(NC(=O)c1cc([N+](=O)[O-])cc([N+](=O)[O-])c1)c1ccccc1. The predicted octanol–water partition coefficient (Wildman–Crippen LogP) is 4.20. The Bertz CT molecular complexity index is 1230. The number of carbonyl (C=O) groups excluding carboxylic acids is 2. The molecule has 2 unspecified atom stereocenters. The Balaban J connectivity index is 2.05. The summed E-state index contributed by atoms with van der Waals surface area (Å²) < 4.78 is 0. The largest absolute Gasteiger partial charge is 0.343 e. The molecule has 184 valence electrons. The van der Waals surface area contributed by atoms with Crippen molar-refractivity contribution in [1.29, 1.82) is 0 Å². The molecular weight excluding hydrogens is 466 g/mol. The quantitative estimate of drug-likeness (QED) is 0.220. The number of non-ortho nitro benzene ring substituents is 2. The Kier molecular flexibility index (Phi) is 8.44. The Hall–Kier alpha value is -5.06. The van der Waals surface area contributed by atoms with E-state index >= 15 is 0 Å². The second-order valence-corrected chi connectivity index (χ2v) is 7.65. The third kappa shape index (κ3) is 6.50. The lowest BCUT2D eigenvalue weighted by Crippen LogP contribution is -2.44. The molecule has 0 aromatic heterocycles. The van der Waals surface area contributed by atoms with Crippen LogP contribution in [0, 0.1) is 20.2 Å². The summed E-state index contributed by atoms with van der Waals surface area (Å²) in [6, 6.07) is 18.3. The van der Waals surface area contributed by atoms with Crippen molar-refractivity contribution in [3.63, 3.8) is 0 Å². The molecule has 0 bridgehead atoms. The Labute approximate surface area is 206 Å². The van der Waals surface area contributed by atoms with Crippen LogP contribution in [0.15, 0.2) is 91.5 Å². The van der Waals surface area contributed by atoms with Crippen LogP contribution in [0.1, 0.15) is 33.6 Å². The van der Waals surface area contributed by atoms with E-state index in [4.69, 9.17) is 0 Å². The number of benzene rings is 3. The van der Waals surface area contributed by atoms with Crippen molar-refractivity contribution in [2.45, 2.75) is 12.1 Å². The van der Waals surface area contributed by atoms with Crippen LogP contribution >= 0.6 is 0 Å². The molecule has 0 fully saturated rings. The van der Waals surface area contributed by atoms with Crippen LogP contribution in [0.25, 0.3) is 0 Å².